The molecule has 0 radical (unpaired) electrons. The first-order valence-corrected chi connectivity index (χ1v) is 6.46. The quantitative estimate of drug-likeness (QED) is 0.580. The van der Waals surface area contributed by atoms with E-state index in [2.05, 4.69) is 25.1 Å². The lowest BCUT2D eigenvalue weighted by molar-refractivity contribution is -0.192. The van der Waals surface area contributed by atoms with Crippen molar-refractivity contribution >= 4 is 0 Å². The molecule has 0 spiro atoms. The van der Waals surface area contributed by atoms with Crippen LogP contribution in [-0.4, -0.2) is 25.3 Å². The van der Waals surface area contributed by atoms with Crippen LogP contribution in [-0.2, 0) is 4.74 Å². The maximum Gasteiger partial charge on any atom is 0.0684 e. The molecule has 2 aliphatic rings. The molecule has 2 rings (SSSR count). The minimum absolute atomic E-state index is 0.293. The number of nitrogens with one attached hydrogen (secondary N) is 1. The summed E-state index contributed by atoms with van der Waals surface area (Å²) in [6.07, 6.45) is 10.2. The van der Waals surface area contributed by atoms with Gasteiger partial charge in [0.2, 0.25) is 0 Å². The topological polar surface area (TPSA) is 21.3 Å². The van der Waals surface area contributed by atoms with Gasteiger partial charge in [-0.2, -0.15) is 0 Å². The molecule has 0 amide bonds. The van der Waals surface area contributed by atoms with Crippen LogP contribution >= 0.6 is 0 Å². The van der Waals surface area contributed by atoms with Crippen molar-refractivity contribution in [3.05, 3.63) is 0 Å². The Morgan fingerprint density at radius 1 is 1.50 bits per heavy atom. The van der Waals surface area contributed by atoms with Gasteiger partial charge in [-0.15, -0.1) is 12.3 Å². The van der Waals surface area contributed by atoms with Crippen LogP contribution in [0, 0.1) is 23.7 Å². The largest absolute Gasteiger partial charge is 0.377 e. The molecule has 16 heavy (non-hydrogen) atoms. The van der Waals surface area contributed by atoms with Gasteiger partial charge in [-0.3, -0.25) is 0 Å². The van der Waals surface area contributed by atoms with E-state index in [1.807, 2.05) is 0 Å². The van der Waals surface area contributed by atoms with Crippen molar-refractivity contribution < 1.29 is 4.74 Å². The smallest absolute Gasteiger partial charge is 0.0684 e. The van der Waals surface area contributed by atoms with E-state index in [0.29, 0.717) is 17.6 Å². The van der Waals surface area contributed by atoms with E-state index in [1.54, 1.807) is 0 Å². The highest BCUT2D eigenvalue weighted by Crippen LogP contribution is 2.51. The van der Waals surface area contributed by atoms with E-state index in [1.165, 1.54) is 12.8 Å². The fourth-order valence-corrected chi connectivity index (χ4v) is 3.38. The van der Waals surface area contributed by atoms with E-state index in [0.717, 1.165) is 31.9 Å². The second-order valence-electron chi connectivity index (χ2n) is 5.66. The van der Waals surface area contributed by atoms with Crippen molar-refractivity contribution in [1.82, 2.24) is 5.32 Å². The van der Waals surface area contributed by atoms with Crippen LogP contribution in [0.5, 0.6) is 0 Å². The van der Waals surface area contributed by atoms with Gasteiger partial charge in [0.25, 0.3) is 0 Å². The number of unbranched alkanes of at least 4 members (excludes halogenated alkanes) is 1. The van der Waals surface area contributed by atoms with Gasteiger partial charge in [0.15, 0.2) is 0 Å². The van der Waals surface area contributed by atoms with Gasteiger partial charge in [-0.25, -0.2) is 0 Å². The van der Waals surface area contributed by atoms with Crippen molar-refractivity contribution in [2.24, 2.45) is 11.3 Å². The van der Waals surface area contributed by atoms with Gasteiger partial charge in [0.1, 0.15) is 0 Å². The normalized spacial score (nSPS) is 35.9. The summed E-state index contributed by atoms with van der Waals surface area (Å²) in [4.78, 5) is 0. The fourth-order valence-electron chi connectivity index (χ4n) is 3.38. The molecule has 0 bridgehead atoms. The first-order valence-electron chi connectivity index (χ1n) is 6.46. The first-order chi connectivity index (χ1) is 7.68. The van der Waals surface area contributed by atoms with Crippen molar-refractivity contribution in [2.75, 3.05) is 13.2 Å². The standard InChI is InChI=1S/C14H23NO/c1-4-5-6-9-15-12-11-8-7-10-16-13(11)14(12,2)3/h1,11-13,15H,5-10H2,2-3H3. The average molecular weight is 221 g/mol. The Morgan fingerprint density at radius 3 is 3.06 bits per heavy atom. The SMILES string of the molecule is C#CCCCNC1C2CCCOC2C1(C)C. The molecule has 1 N–H and O–H groups in total. The molecule has 3 atom stereocenters. The maximum atomic E-state index is 5.88. The highest BCUT2D eigenvalue weighted by atomic mass is 16.5. The molecule has 0 aromatic heterocycles. The lowest BCUT2D eigenvalue weighted by Gasteiger charge is -2.60. The van der Waals surface area contributed by atoms with Crippen LogP contribution < -0.4 is 5.32 Å². The molecular weight excluding hydrogens is 198 g/mol. The predicted octanol–water partition coefficient (Wildman–Crippen LogP) is 2.19. The fraction of sp³-hybridized carbons (Fsp3) is 0.857. The molecule has 1 aliphatic carbocycles. The summed E-state index contributed by atoms with van der Waals surface area (Å²) in [5.74, 6) is 3.42. The minimum Gasteiger partial charge on any atom is -0.377 e. The van der Waals surface area contributed by atoms with Crippen molar-refractivity contribution in [1.29, 1.82) is 0 Å². The molecule has 1 aliphatic heterocycles. The summed E-state index contributed by atoms with van der Waals surface area (Å²) in [6.45, 7) is 6.63. The van der Waals surface area contributed by atoms with E-state index >= 15 is 0 Å². The van der Waals surface area contributed by atoms with E-state index in [-0.39, 0.29) is 0 Å². The van der Waals surface area contributed by atoms with E-state index < -0.39 is 0 Å². The Kier molecular flexibility index (Phi) is 3.56. The Morgan fingerprint density at radius 2 is 2.31 bits per heavy atom. The third-order valence-electron chi connectivity index (χ3n) is 4.19. The summed E-state index contributed by atoms with van der Waals surface area (Å²) in [5.41, 5.74) is 0.293. The minimum atomic E-state index is 0.293. The molecule has 1 heterocycles. The third kappa shape index (κ3) is 1.99. The van der Waals surface area contributed by atoms with E-state index in [4.69, 9.17) is 11.2 Å². The first kappa shape index (κ1) is 12.0. The molecule has 2 heteroatoms. The molecule has 0 aromatic carbocycles. The second-order valence-corrected chi connectivity index (χ2v) is 5.66. The van der Waals surface area contributed by atoms with Crippen molar-refractivity contribution in [3.8, 4) is 12.3 Å². The molecule has 2 nitrogen and oxygen atoms in total. The Balaban J connectivity index is 1.82. The predicted molar refractivity (Wildman–Crippen MR) is 66.1 cm³/mol. The van der Waals surface area contributed by atoms with Crippen LogP contribution in [0.3, 0.4) is 0 Å². The number of hydrogen-bond donors (Lipinski definition) is 1. The molecular formula is C14H23NO. The summed E-state index contributed by atoms with van der Waals surface area (Å²) >= 11 is 0. The molecule has 3 unspecified atom stereocenters. The zero-order valence-electron chi connectivity index (χ0n) is 10.5. The monoisotopic (exact) mass is 221 g/mol. The zero-order chi connectivity index (χ0) is 11.6. The molecule has 90 valence electrons. The van der Waals surface area contributed by atoms with Crippen LogP contribution in [0.2, 0.25) is 0 Å². The summed E-state index contributed by atoms with van der Waals surface area (Å²) in [5, 5.41) is 3.67. The van der Waals surface area contributed by atoms with Crippen molar-refractivity contribution in [3.63, 3.8) is 0 Å². The Bertz CT molecular complexity index is 279. The van der Waals surface area contributed by atoms with Gasteiger partial charge < -0.3 is 10.1 Å². The van der Waals surface area contributed by atoms with Crippen molar-refractivity contribution in [2.45, 2.75) is 51.7 Å². The number of rotatable bonds is 4. The van der Waals surface area contributed by atoms with E-state index in [9.17, 15) is 0 Å². The lowest BCUT2D eigenvalue weighted by Crippen LogP contribution is -2.69. The number of hydrogen-bond acceptors (Lipinski definition) is 2. The van der Waals surface area contributed by atoms with Gasteiger partial charge in [-0.1, -0.05) is 13.8 Å². The van der Waals surface area contributed by atoms with Crippen LogP contribution in [0.15, 0.2) is 0 Å². The highest BCUT2D eigenvalue weighted by Gasteiger charge is 2.57. The summed E-state index contributed by atoms with van der Waals surface area (Å²) in [7, 11) is 0. The lowest BCUT2D eigenvalue weighted by atomic mass is 9.55. The molecule has 1 saturated heterocycles. The highest BCUT2D eigenvalue weighted by molar-refractivity contribution is 5.10. The zero-order valence-corrected chi connectivity index (χ0v) is 10.5. The number of fused-ring (bicyclic) bond motifs is 1. The average Bonchev–Trinajstić information content (AvgIpc) is 2.29. The summed E-state index contributed by atoms with van der Waals surface area (Å²) < 4.78 is 5.88. The molecule has 2 fully saturated rings. The van der Waals surface area contributed by atoms with Crippen LogP contribution in [0.1, 0.15) is 39.5 Å². The van der Waals surface area contributed by atoms with Gasteiger partial charge in [0.05, 0.1) is 6.10 Å². The van der Waals surface area contributed by atoms with Crippen LogP contribution in [0.4, 0.5) is 0 Å². The Hall–Kier alpha value is -0.520. The van der Waals surface area contributed by atoms with Gasteiger partial charge in [0, 0.05) is 30.4 Å². The van der Waals surface area contributed by atoms with Crippen LogP contribution in [0.25, 0.3) is 0 Å². The Labute approximate surface area is 99.1 Å². The van der Waals surface area contributed by atoms with Gasteiger partial charge in [-0.05, 0) is 25.8 Å². The second kappa shape index (κ2) is 4.77. The van der Waals surface area contributed by atoms with Gasteiger partial charge >= 0.3 is 0 Å². The third-order valence-corrected chi connectivity index (χ3v) is 4.19. The summed E-state index contributed by atoms with van der Waals surface area (Å²) in [6, 6.07) is 0.621. The molecule has 1 saturated carbocycles. The number of ether oxygens (including phenoxy) is 1. The maximum absolute atomic E-state index is 5.88. The molecule has 0 aromatic rings. The number of terminal acetylenes is 1.